The standard InChI is InChI=1S/C12H9Cl3N2O/c1-7-2-12(18)11(6-13)16-17(7)10-4-8(14)3-9(15)5-10/h2-5H,6H2,1H3. The van der Waals surface area contributed by atoms with Gasteiger partial charge in [0, 0.05) is 21.8 Å². The van der Waals surface area contributed by atoms with Crippen LogP contribution in [0.15, 0.2) is 29.1 Å². The molecule has 1 heterocycles. The van der Waals surface area contributed by atoms with Crippen LogP contribution in [0.3, 0.4) is 0 Å². The minimum atomic E-state index is -0.174. The Kier molecular flexibility index (Phi) is 3.95. The SMILES string of the molecule is Cc1cc(=O)c(CCl)nn1-c1cc(Cl)cc(Cl)c1. The van der Waals surface area contributed by atoms with E-state index in [0.29, 0.717) is 27.1 Å². The van der Waals surface area contributed by atoms with Crippen molar-refractivity contribution < 1.29 is 0 Å². The fraction of sp³-hybridized carbons (Fsp3) is 0.167. The minimum absolute atomic E-state index is 0.0629. The number of aromatic nitrogens is 2. The molecule has 0 atom stereocenters. The lowest BCUT2D eigenvalue weighted by Crippen LogP contribution is -2.17. The monoisotopic (exact) mass is 302 g/mol. The van der Waals surface area contributed by atoms with Crippen LogP contribution >= 0.6 is 34.8 Å². The lowest BCUT2D eigenvalue weighted by atomic mass is 10.3. The molecular formula is C12H9Cl3N2O. The van der Waals surface area contributed by atoms with Crippen molar-refractivity contribution in [2.75, 3.05) is 0 Å². The van der Waals surface area contributed by atoms with E-state index in [4.69, 9.17) is 34.8 Å². The van der Waals surface area contributed by atoms with Crippen molar-refractivity contribution in [1.82, 2.24) is 9.78 Å². The highest BCUT2D eigenvalue weighted by molar-refractivity contribution is 6.34. The van der Waals surface area contributed by atoms with Gasteiger partial charge in [0.2, 0.25) is 5.43 Å². The van der Waals surface area contributed by atoms with Crippen LogP contribution < -0.4 is 5.43 Å². The Morgan fingerprint density at radius 2 is 1.78 bits per heavy atom. The molecule has 2 rings (SSSR count). The molecule has 1 aromatic carbocycles. The van der Waals surface area contributed by atoms with Crippen molar-refractivity contribution >= 4 is 34.8 Å². The molecule has 94 valence electrons. The summed E-state index contributed by atoms with van der Waals surface area (Å²) in [6.07, 6.45) is 0. The Morgan fingerprint density at radius 3 is 2.33 bits per heavy atom. The largest absolute Gasteiger partial charge is 0.288 e. The van der Waals surface area contributed by atoms with Crippen molar-refractivity contribution in [1.29, 1.82) is 0 Å². The fourth-order valence-corrected chi connectivity index (χ4v) is 2.30. The predicted octanol–water partition coefficient (Wildman–Crippen LogP) is 3.59. The molecule has 18 heavy (non-hydrogen) atoms. The molecule has 0 fully saturated rings. The number of halogens is 3. The van der Waals surface area contributed by atoms with E-state index in [0.717, 1.165) is 0 Å². The molecule has 3 nitrogen and oxygen atoms in total. The Morgan fingerprint density at radius 1 is 1.17 bits per heavy atom. The van der Waals surface area contributed by atoms with Crippen LogP contribution in [0.25, 0.3) is 5.69 Å². The molecule has 0 aliphatic heterocycles. The highest BCUT2D eigenvalue weighted by Crippen LogP contribution is 2.21. The third-order valence-electron chi connectivity index (χ3n) is 2.40. The lowest BCUT2D eigenvalue weighted by molar-refractivity contribution is 0.773. The van der Waals surface area contributed by atoms with Crippen molar-refractivity contribution in [3.63, 3.8) is 0 Å². The van der Waals surface area contributed by atoms with Gasteiger partial charge in [-0.2, -0.15) is 5.10 Å². The van der Waals surface area contributed by atoms with Gasteiger partial charge in [0.15, 0.2) is 0 Å². The average Bonchev–Trinajstić information content (AvgIpc) is 2.27. The zero-order valence-corrected chi connectivity index (χ0v) is 11.7. The van der Waals surface area contributed by atoms with E-state index >= 15 is 0 Å². The molecule has 0 aliphatic carbocycles. The third kappa shape index (κ3) is 2.69. The molecule has 0 saturated carbocycles. The van der Waals surface area contributed by atoms with Crippen molar-refractivity contribution in [2.24, 2.45) is 0 Å². The second kappa shape index (κ2) is 5.31. The summed E-state index contributed by atoms with van der Waals surface area (Å²) in [6, 6.07) is 6.55. The molecule has 0 unspecified atom stereocenters. The topological polar surface area (TPSA) is 34.9 Å². The number of hydrogen-bond acceptors (Lipinski definition) is 2. The summed E-state index contributed by atoms with van der Waals surface area (Å²) >= 11 is 17.6. The molecule has 0 N–H and O–H groups in total. The maximum absolute atomic E-state index is 11.6. The molecule has 0 aliphatic rings. The summed E-state index contributed by atoms with van der Waals surface area (Å²) in [4.78, 5) is 11.6. The predicted molar refractivity (Wildman–Crippen MR) is 74.1 cm³/mol. The van der Waals surface area contributed by atoms with Gasteiger partial charge in [-0.05, 0) is 25.1 Å². The molecule has 2 aromatic rings. The van der Waals surface area contributed by atoms with Gasteiger partial charge in [-0.25, -0.2) is 4.68 Å². The van der Waals surface area contributed by atoms with Gasteiger partial charge < -0.3 is 0 Å². The third-order valence-corrected chi connectivity index (χ3v) is 3.09. The van der Waals surface area contributed by atoms with E-state index in [9.17, 15) is 4.79 Å². The van der Waals surface area contributed by atoms with Crippen LogP contribution in [0.2, 0.25) is 10.0 Å². The molecule has 0 saturated heterocycles. The van der Waals surface area contributed by atoms with E-state index in [1.165, 1.54) is 6.07 Å². The molecule has 6 heteroatoms. The van der Waals surface area contributed by atoms with Gasteiger partial charge in [-0.1, -0.05) is 23.2 Å². The number of nitrogens with zero attached hydrogens (tertiary/aromatic N) is 2. The first-order valence-electron chi connectivity index (χ1n) is 5.13. The summed E-state index contributed by atoms with van der Waals surface area (Å²) < 4.78 is 1.59. The summed E-state index contributed by atoms with van der Waals surface area (Å²) in [5.74, 6) is 0.0629. The molecule has 0 bridgehead atoms. The summed E-state index contributed by atoms with van der Waals surface area (Å²) in [6.45, 7) is 1.78. The first-order valence-corrected chi connectivity index (χ1v) is 6.42. The van der Waals surface area contributed by atoms with Crippen LogP contribution in [0.4, 0.5) is 0 Å². The van der Waals surface area contributed by atoms with Gasteiger partial charge in [0.1, 0.15) is 5.69 Å². The number of benzene rings is 1. The zero-order chi connectivity index (χ0) is 13.3. The first kappa shape index (κ1) is 13.4. The molecule has 1 aromatic heterocycles. The number of aryl methyl sites for hydroxylation is 1. The summed E-state index contributed by atoms with van der Waals surface area (Å²) in [5, 5.41) is 5.21. The maximum Gasteiger partial charge on any atom is 0.204 e. The Labute approximate surface area is 119 Å². The molecule has 0 spiro atoms. The van der Waals surface area contributed by atoms with Gasteiger partial charge in [0.25, 0.3) is 0 Å². The van der Waals surface area contributed by atoms with Crippen molar-refractivity contribution in [3.8, 4) is 5.69 Å². The molecular weight excluding hydrogens is 295 g/mol. The minimum Gasteiger partial charge on any atom is -0.288 e. The van der Waals surface area contributed by atoms with Crippen LogP contribution in [0.1, 0.15) is 11.4 Å². The summed E-state index contributed by atoms with van der Waals surface area (Å²) in [7, 11) is 0. The zero-order valence-electron chi connectivity index (χ0n) is 9.45. The molecule has 0 radical (unpaired) electrons. The molecule has 0 amide bonds. The van der Waals surface area contributed by atoms with Crippen LogP contribution in [0, 0.1) is 6.92 Å². The first-order chi connectivity index (χ1) is 8.51. The number of rotatable bonds is 2. The van der Waals surface area contributed by atoms with Crippen molar-refractivity contribution in [3.05, 3.63) is 55.9 Å². The van der Waals surface area contributed by atoms with Crippen molar-refractivity contribution in [2.45, 2.75) is 12.8 Å². The van der Waals surface area contributed by atoms with Crippen LogP contribution in [0.5, 0.6) is 0 Å². The second-order valence-electron chi connectivity index (χ2n) is 3.77. The van der Waals surface area contributed by atoms with E-state index in [1.54, 1.807) is 29.8 Å². The van der Waals surface area contributed by atoms with Crippen LogP contribution in [-0.4, -0.2) is 9.78 Å². The fourth-order valence-electron chi connectivity index (χ4n) is 1.60. The Balaban J connectivity index is 2.66. The normalized spacial score (nSPS) is 10.7. The maximum atomic E-state index is 11.6. The van der Waals surface area contributed by atoms with Crippen LogP contribution in [-0.2, 0) is 5.88 Å². The highest BCUT2D eigenvalue weighted by Gasteiger charge is 2.08. The lowest BCUT2D eigenvalue weighted by Gasteiger charge is -2.11. The highest BCUT2D eigenvalue weighted by atomic mass is 35.5. The van der Waals surface area contributed by atoms with Gasteiger partial charge >= 0.3 is 0 Å². The van der Waals surface area contributed by atoms with E-state index in [2.05, 4.69) is 5.10 Å². The quantitative estimate of drug-likeness (QED) is 0.795. The number of alkyl halides is 1. The summed E-state index contributed by atoms with van der Waals surface area (Å²) in [5.41, 5.74) is 1.49. The smallest absolute Gasteiger partial charge is 0.204 e. The van der Waals surface area contributed by atoms with E-state index in [1.807, 2.05) is 0 Å². The van der Waals surface area contributed by atoms with Gasteiger partial charge in [0.05, 0.1) is 11.6 Å². The second-order valence-corrected chi connectivity index (χ2v) is 4.91. The Hall–Kier alpha value is -1.03. The van der Waals surface area contributed by atoms with Gasteiger partial charge in [-0.15, -0.1) is 11.6 Å². The van der Waals surface area contributed by atoms with Gasteiger partial charge in [-0.3, -0.25) is 4.79 Å². The average molecular weight is 304 g/mol. The van der Waals surface area contributed by atoms with E-state index < -0.39 is 0 Å². The van der Waals surface area contributed by atoms with E-state index in [-0.39, 0.29) is 11.3 Å². The Bertz CT molecular complexity index is 632. The number of hydrogen-bond donors (Lipinski definition) is 0.